The van der Waals surface area contributed by atoms with Gasteiger partial charge in [0.1, 0.15) is 4.32 Å². The Labute approximate surface area is 193 Å². The molecule has 6 nitrogen and oxygen atoms in total. The molecule has 2 aromatic rings. The molecule has 0 N–H and O–H groups in total. The molecular formula is C22H21N3O3S3. The molecule has 3 aliphatic rings. The number of thioether (sulfide) groups is 1. The maximum absolute atomic E-state index is 13.0. The van der Waals surface area contributed by atoms with Crippen LogP contribution in [-0.4, -0.2) is 50.1 Å². The molecule has 0 saturated carbocycles. The third kappa shape index (κ3) is 4.02. The van der Waals surface area contributed by atoms with Crippen molar-refractivity contribution in [2.45, 2.75) is 25.3 Å². The third-order valence-electron chi connectivity index (χ3n) is 6.07. The lowest BCUT2D eigenvalue weighted by Gasteiger charge is -2.42. The van der Waals surface area contributed by atoms with Crippen molar-refractivity contribution < 1.29 is 9.59 Å². The van der Waals surface area contributed by atoms with Crippen molar-refractivity contribution in [3.63, 3.8) is 0 Å². The molecule has 0 aliphatic carbocycles. The van der Waals surface area contributed by atoms with Crippen molar-refractivity contribution in [1.29, 1.82) is 0 Å². The van der Waals surface area contributed by atoms with Gasteiger partial charge in [0, 0.05) is 55.2 Å². The fourth-order valence-corrected chi connectivity index (χ4v) is 6.69. The van der Waals surface area contributed by atoms with Crippen LogP contribution in [-0.2, 0) is 16.1 Å². The molecule has 0 unspecified atom stereocenters. The van der Waals surface area contributed by atoms with Crippen LogP contribution >= 0.6 is 35.3 Å². The first kappa shape index (κ1) is 20.7. The second-order valence-corrected chi connectivity index (χ2v) is 10.8. The van der Waals surface area contributed by atoms with Crippen LogP contribution in [0.25, 0.3) is 6.08 Å². The Kier molecular flexibility index (Phi) is 5.58. The minimum Gasteiger partial charge on any atom is -0.342 e. The number of carbonyl (C=O) groups is 2. The van der Waals surface area contributed by atoms with Crippen molar-refractivity contribution in [2.24, 2.45) is 5.92 Å². The number of thiophene rings is 1. The van der Waals surface area contributed by atoms with Crippen molar-refractivity contribution in [3.05, 3.63) is 61.5 Å². The molecule has 2 atom stereocenters. The molecule has 5 rings (SSSR count). The number of hydrogen-bond acceptors (Lipinski definition) is 6. The average Bonchev–Trinajstić information content (AvgIpc) is 3.35. The maximum atomic E-state index is 13.0. The number of nitrogens with zero attached hydrogens (tertiary/aromatic N) is 3. The van der Waals surface area contributed by atoms with Gasteiger partial charge in [0.25, 0.3) is 11.5 Å². The van der Waals surface area contributed by atoms with Gasteiger partial charge in [-0.3, -0.25) is 19.3 Å². The number of aromatic nitrogens is 1. The summed E-state index contributed by atoms with van der Waals surface area (Å²) in [6, 6.07) is 9.30. The Morgan fingerprint density at radius 3 is 2.84 bits per heavy atom. The zero-order valence-electron chi connectivity index (χ0n) is 16.7. The second-order valence-electron chi connectivity index (χ2n) is 8.10. The van der Waals surface area contributed by atoms with Gasteiger partial charge in [-0.15, -0.1) is 11.3 Å². The van der Waals surface area contributed by atoms with Crippen LogP contribution < -0.4 is 5.56 Å². The Morgan fingerprint density at radius 1 is 1.16 bits per heavy atom. The van der Waals surface area contributed by atoms with E-state index in [0.29, 0.717) is 41.3 Å². The molecule has 2 aromatic heterocycles. The minimum absolute atomic E-state index is 0.0388. The van der Waals surface area contributed by atoms with Gasteiger partial charge in [0.15, 0.2) is 0 Å². The number of piperidine rings is 1. The fourth-order valence-electron chi connectivity index (χ4n) is 4.66. The first-order chi connectivity index (χ1) is 15.0. The van der Waals surface area contributed by atoms with E-state index in [-0.39, 0.29) is 29.7 Å². The van der Waals surface area contributed by atoms with Crippen molar-refractivity contribution in [3.8, 4) is 0 Å². The Bertz CT molecular complexity index is 1140. The quantitative estimate of drug-likeness (QED) is 0.506. The number of pyridine rings is 1. The van der Waals surface area contributed by atoms with Gasteiger partial charge in [-0.2, -0.15) is 0 Å². The zero-order valence-corrected chi connectivity index (χ0v) is 19.2. The normalized spacial score (nSPS) is 24.1. The van der Waals surface area contributed by atoms with Crippen LogP contribution in [0.4, 0.5) is 0 Å². The standard InChI is InChI=1S/C22H21N3O3S3/c26-19(6-7-24-21(28)18(31-22(24)29)10-16-3-2-8-30-16)23-11-14-9-15(13-23)17-4-1-5-20(27)25(17)12-14/h1-5,8,10,14-15H,6-7,9,11-13H2/b18-10+/t14-,15-/m0/s1. The number of likely N-dealkylation sites (tertiary alicyclic amines) is 1. The molecule has 2 fully saturated rings. The van der Waals surface area contributed by atoms with Crippen LogP contribution in [0.5, 0.6) is 0 Å². The van der Waals surface area contributed by atoms with E-state index in [2.05, 4.69) is 0 Å². The van der Waals surface area contributed by atoms with Crippen molar-refractivity contribution >= 4 is 57.5 Å². The molecule has 0 aromatic carbocycles. The molecule has 2 amide bonds. The molecule has 3 aliphatic heterocycles. The van der Waals surface area contributed by atoms with Crippen LogP contribution in [0.2, 0.25) is 0 Å². The number of amides is 2. The smallest absolute Gasteiger partial charge is 0.266 e. The first-order valence-corrected chi connectivity index (χ1v) is 12.4. The first-order valence-electron chi connectivity index (χ1n) is 10.3. The molecule has 5 heterocycles. The lowest BCUT2D eigenvalue weighted by Crippen LogP contribution is -2.49. The Hall–Kier alpha value is -2.23. The van der Waals surface area contributed by atoms with Gasteiger partial charge in [0.05, 0.1) is 4.91 Å². The van der Waals surface area contributed by atoms with Crippen LogP contribution in [0, 0.1) is 5.92 Å². The molecule has 0 spiro atoms. The lowest BCUT2D eigenvalue weighted by atomic mass is 9.83. The molecule has 160 valence electrons. The monoisotopic (exact) mass is 471 g/mol. The molecule has 2 bridgehead atoms. The van der Waals surface area contributed by atoms with E-state index in [0.717, 1.165) is 17.0 Å². The van der Waals surface area contributed by atoms with Crippen LogP contribution in [0.1, 0.15) is 29.3 Å². The highest BCUT2D eigenvalue weighted by Gasteiger charge is 2.37. The summed E-state index contributed by atoms with van der Waals surface area (Å²) >= 11 is 8.26. The highest BCUT2D eigenvalue weighted by atomic mass is 32.2. The highest BCUT2D eigenvalue weighted by molar-refractivity contribution is 8.26. The minimum atomic E-state index is -0.125. The van der Waals surface area contributed by atoms with E-state index in [1.165, 1.54) is 16.7 Å². The van der Waals surface area contributed by atoms with Crippen molar-refractivity contribution in [1.82, 2.24) is 14.4 Å². The summed E-state index contributed by atoms with van der Waals surface area (Å²) in [5.41, 5.74) is 1.06. The highest BCUT2D eigenvalue weighted by Crippen LogP contribution is 2.36. The number of carbonyl (C=O) groups excluding carboxylic acids is 2. The van der Waals surface area contributed by atoms with Gasteiger partial charge in [0.2, 0.25) is 5.91 Å². The summed E-state index contributed by atoms with van der Waals surface area (Å²) in [7, 11) is 0. The molecule has 31 heavy (non-hydrogen) atoms. The average molecular weight is 472 g/mol. The topological polar surface area (TPSA) is 62.6 Å². The second kappa shape index (κ2) is 8.37. The van der Waals surface area contributed by atoms with E-state index in [1.54, 1.807) is 23.5 Å². The van der Waals surface area contributed by atoms with E-state index in [4.69, 9.17) is 12.2 Å². The number of rotatable bonds is 4. The predicted molar refractivity (Wildman–Crippen MR) is 127 cm³/mol. The number of fused-ring (bicyclic) bond motifs is 4. The van der Waals surface area contributed by atoms with Gasteiger partial charge in [-0.05, 0) is 35.9 Å². The van der Waals surface area contributed by atoms with Gasteiger partial charge < -0.3 is 9.47 Å². The van der Waals surface area contributed by atoms with Crippen LogP contribution in [0.15, 0.2) is 45.4 Å². The zero-order chi connectivity index (χ0) is 21.5. The molecule has 0 radical (unpaired) electrons. The summed E-state index contributed by atoms with van der Waals surface area (Å²) in [4.78, 5) is 43.0. The molecule has 9 heteroatoms. The SMILES string of the molecule is O=C(CCN1C(=O)/C(=C\c2cccs2)SC1=S)N1C[C@@H]2C[C@@H](C1)c1cccc(=O)n1C2. The number of thiocarbonyl (C=S) groups is 1. The van der Waals surface area contributed by atoms with E-state index >= 15 is 0 Å². The summed E-state index contributed by atoms with van der Waals surface area (Å²) in [5, 5.41) is 1.97. The summed E-state index contributed by atoms with van der Waals surface area (Å²) in [6.45, 7) is 2.24. The lowest BCUT2D eigenvalue weighted by molar-refractivity contribution is -0.134. The van der Waals surface area contributed by atoms with E-state index in [9.17, 15) is 14.4 Å². The summed E-state index contributed by atoms with van der Waals surface area (Å²) in [6.07, 6.45) is 3.12. The summed E-state index contributed by atoms with van der Waals surface area (Å²) in [5.74, 6) is 0.397. The molecule has 2 saturated heterocycles. The molecular weight excluding hydrogens is 450 g/mol. The van der Waals surface area contributed by atoms with Gasteiger partial charge >= 0.3 is 0 Å². The van der Waals surface area contributed by atoms with Gasteiger partial charge in [-0.25, -0.2) is 0 Å². The van der Waals surface area contributed by atoms with E-state index in [1.807, 2.05) is 39.1 Å². The van der Waals surface area contributed by atoms with E-state index < -0.39 is 0 Å². The van der Waals surface area contributed by atoms with Gasteiger partial charge in [-0.1, -0.05) is 36.1 Å². The summed E-state index contributed by atoms with van der Waals surface area (Å²) < 4.78 is 2.37. The Balaban J connectivity index is 1.23. The number of hydrogen-bond donors (Lipinski definition) is 0. The third-order valence-corrected chi connectivity index (χ3v) is 8.27. The van der Waals surface area contributed by atoms with Crippen molar-refractivity contribution in [2.75, 3.05) is 19.6 Å². The predicted octanol–water partition coefficient (Wildman–Crippen LogP) is 3.15. The maximum Gasteiger partial charge on any atom is 0.266 e. The Morgan fingerprint density at radius 2 is 2.03 bits per heavy atom. The fraction of sp³-hybridized carbons (Fsp3) is 0.364. The largest absolute Gasteiger partial charge is 0.342 e. The van der Waals surface area contributed by atoms with Crippen LogP contribution in [0.3, 0.4) is 0 Å².